The van der Waals surface area contributed by atoms with Gasteiger partial charge in [-0.25, -0.2) is 4.79 Å². The van der Waals surface area contributed by atoms with E-state index in [2.05, 4.69) is 15.7 Å². The Morgan fingerprint density at radius 2 is 1.74 bits per heavy atom. The zero-order valence-electron chi connectivity index (χ0n) is 18.7. The molecule has 8 heteroatoms. The van der Waals surface area contributed by atoms with E-state index < -0.39 is 0 Å². The highest BCUT2D eigenvalue weighted by Gasteiger charge is 2.30. The van der Waals surface area contributed by atoms with Gasteiger partial charge in [0.2, 0.25) is 0 Å². The molecule has 1 aliphatic rings. The Hall–Kier alpha value is -4.10. The highest BCUT2D eigenvalue weighted by atomic mass is 35.5. The van der Waals surface area contributed by atoms with Gasteiger partial charge >= 0.3 is 6.03 Å². The van der Waals surface area contributed by atoms with Crippen molar-refractivity contribution in [1.29, 1.82) is 0 Å². The highest BCUT2D eigenvalue weighted by Crippen LogP contribution is 2.42. The average molecular weight is 487 g/mol. The minimum Gasteiger partial charge on any atom is -0.507 e. The first-order valence-corrected chi connectivity index (χ1v) is 11.7. The van der Waals surface area contributed by atoms with E-state index in [9.17, 15) is 14.7 Å². The summed E-state index contributed by atoms with van der Waals surface area (Å²) in [5, 5.41) is 21.2. The number of phenols is 1. The van der Waals surface area contributed by atoms with Crippen LogP contribution in [0.25, 0.3) is 11.3 Å². The normalized spacial score (nSPS) is 12.8. The fraction of sp³-hybridized carbons (Fsp3) is 0.148. The monoisotopic (exact) mass is 486 g/mol. The SMILES string of the molecule is O=C(Nc1ccc(-c2cc(C3CC3)n(C(=O)NCc3ccccc3)n2)c(O)c1)c1ccccc1Cl. The molecule has 4 aromatic rings. The zero-order chi connectivity index (χ0) is 24.4. The quantitative estimate of drug-likeness (QED) is 0.321. The molecule has 35 heavy (non-hydrogen) atoms. The maximum Gasteiger partial charge on any atom is 0.342 e. The summed E-state index contributed by atoms with van der Waals surface area (Å²) in [6.45, 7) is 0.393. The summed E-state index contributed by atoms with van der Waals surface area (Å²) in [4.78, 5) is 25.4. The second-order valence-electron chi connectivity index (χ2n) is 8.45. The number of carbonyl (C=O) groups excluding carboxylic acids is 2. The van der Waals surface area contributed by atoms with Gasteiger partial charge in [0.05, 0.1) is 22.0 Å². The lowest BCUT2D eigenvalue weighted by atomic mass is 10.1. The van der Waals surface area contributed by atoms with Crippen LogP contribution in [-0.4, -0.2) is 26.8 Å². The molecule has 3 aromatic carbocycles. The van der Waals surface area contributed by atoms with Crippen LogP contribution in [0, 0.1) is 0 Å². The predicted octanol–water partition coefficient (Wildman–Crippen LogP) is 5.80. The number of nitrogens with one attached hydrogen (secondary N) is 2. The largest absolute Gasteiger partial charge is 0.507 e. The number of phenolic OH excluding ortho intramolecular Hbond substituents is 1. The van der Waals surface area contributed by atoms with Gasteiger partial charge < -0.3 is 15.7 Å². The van der Waals surface area contributed by atoms with Gasteiger partial charge in [0.1, 0.15) is 5.75 Å². The fourth-order valence-corrected chi connectivity index (χ4v) is 4.10. The van der Waals surface area contributed by atoms with Gasteiger partial charge in [0.15, 0.2) is 0 Å². The van der Waals surface area contributed by atoms with Crippen LogP contribution >= 0.6 is 11.6 Å². The Kier molecular flexibility index (Phi) is 6.25. The molecular formula is C27H23ClN4O3. The Morgan fingerprint density at radius 1 is 1.00 bits per heavy atom. The van der Waals surface area contributed by atoms with Crippen molar-refractivity contribution in [1.82, 2.24) is 15.1 Å². The maximum absolute atomic E-state index is 12.9. The van der Waals surface area contributed by atoms with Gasteiger partial charge in [-0.3, -0.25) is 4.79 Å². The smallest absolute Gasteiger partial charge is 0.342 e. The van der Waals surface area contributed by atoms with Crippen molar-refractivity contribution in [3.8, 4) is 17.0 Å². The van der Waals surface area contributed by atoms with E-state index in [1.807, 2.05) is 36.4 Å². The number of anilines is 1. The predicted molar refractivity (Wildman–Crippen MR) is 135 cm³/mol. The molecule has 1 fully saturated rings. The van der Waals surface area contributed by atoms with Crippen LogP contribution in [0.1, 0.15) is 40.4 Å². The van der Waals surface area contributed by atoms with Gasteiger partial charge in [-0.2, -0.15) is 9.78 Å². The van der Waals surface area contributed by atoms with Crippen LogP contribution in [0.15, 0.2) is 78.9 Å². The van der Waals surface area contributed by atoms with E-state index in [-0.39, 0.29) is 23.6 Å². The van der Waals surface area contributed by atoms with Gasteiger partial charge in [-0.15, -0.1) is 0 Å². The third kappa shape index (κ3) is 5.05. The van der Waals surface area contributed by atoms with Gasteiger partial charge in [0.25, 0.3) is 5.91 Å². The van der Waals surface area contributed by atoms with Crippen LogP contribution in [0.5, 0.6) is 5.75 Å². The number of aromatic hydroxyl groups is 1. The topological polar surface area (TPSA) is 96.3 Å². The molecular weight excluding hydrogens is 464 g/mol. The van der Waals surface area contributed by atoms with E-state index in [0.29, 0.717) is 34.1 Å². The number of aromatic nitrogens is 2. The Bertz CT molecular complexity index is 1400. The molecule has 2 amide bonds. The molecule has 0 spiro atoms. The first-order chi connectivity index (χ1) is 17.0. The van der Waals surface area contributed by atoms with Crippen molar-refractivity contribution in [3.05, 3.63) is 101 Å². The molecule has 5 rings (SSSR count). The summed E-state index contributed by atoms with van der Waals surface area (Å²) in [6.07, 6.45) is 1.99. The van der Waals surface area contributed by atoms with Crippen molar-refractivity contribution < 1.29 is 14.7 Å². The molecule has 1 aromatic heterocycles. The van der Waals surface area contributed by atoms with Gasteiger partial charge in [-0.1, -0.05) is 54.1 Å². The van der Waals surface area contributed by atoms with Crippen molar-refractivity contribution >= 4 is 29.2 Å². The highest BCUT2D eigenvalue weighted by molar-refractivity contribution is 6.34. The van der Waals surface area contributed by atoms with E-state index in [4.69, 9.17) is 11.6 Å². The summed E-state index contributed by atoms with van der Waals surface area (Å²) in [5.41, 5.74) is 3.53. The molecule has 3 N–H and O–H groups in total. The lowest BCUT2D eigenvalue weighted by Gasteiger charge is -2.09. The maximum atomic E-state index is 12.9. The molecule has 7 nitrogen and oxygen atoms in total. The second kappa shape index (κ2) is 9.64. The Morgan fingerprint density at radius 3 is 2.46 bits per heavy atom. The minimum absolute atomic E-state index is 0.0568. The molecule has 0 radical (unpaired) electrons. The van der Waals surface area contributed by atoms with Crippen molar-refractivity contribution in [2.45, 2.75) is 25.3 Å². The molecule has 176 valence electrons. The van der Waals surface area contributed by atoms with Crippen molar-refractivity contribution in [2.24, 2.45) is 0 Å². The number of hydrogen-bond acceptors (Lipinski definition) is 4. The number of carbonyl (C=O) groups is 2. The lowest BCUT2D eigenvalue weighted by molar-refractivity contribution is 0.102. The molecule has 1 aliphatic carbocycles. The zero-order valence-corrected chi connectivity index (χ0v) is 19.5. The summed E-state index contributed by atoms with van der Waals surface area (Å²) < 4.78 is 1.39. The third-order valence-electron chi connectivity index (χ3n) is 5.86. The molecule has 1 heterocycles. The summed E-state index contributed by atoms with van der Waals surface area (Å²) >= 11 is 6.10. The van der Waals surface area contributed by atoms with E-state index in [0.717, 1.165) is 24.1 Å². The number of rotatable bonds is 6. The average Bonchev–Trinajstić information content (AvgIpc) is 3.62. The van der Waals surface area contributed by atoms with Crippen LogP contribution in [0.3, 0.4) is 0 Å². The molecule has 1 saturated carbocycles. The number of benzene rings is 3. The van der Waals surface area contributed by atoms with Gasteiger partial charge in [-0.05, 0) is 48.7 Å². The number of hydrogen-bond donors (Lipinski definition) is 3. The molecule has 0 aliphatic heterocycles. The number of amides is 2. The number of halogens is 1. The number of nitrogens with zero attached hydrogens (tertiary/aromatic N) is 2. The van der Waals surface area contributed by atoms with Crippen molar-refractivity contribution in [2.75, 3.05) is 5.32 Å². The van der Waals surface area contributed by atoms with Gasteiger partial charge in [0, 0.05) is 29.8 Å². The standard InChI is InChI=1S/C27H23ClN4O3/c28-22-9-5-4-8-20(22)26(34)30-19-12-13-21(25(33)14-19)23-15-24(18-10-11-18)32(31-23)27(35)29-16-17-6-2-1-3-7-17/h1-9,12-15,18,33H,10-11,16H2,(H,29,35)(H,30,34). The van der Waals surface area contributed by atoms with E-state index >= 15 is 0 Å². The minimum atomic E-state index is -0.377. The van der Waals surface area contributed by atoms with E-state index in [1.165, 1.54) is 10.7 Å². The first kappa shape index (κ1) is 22.7. The summed E-state index contributed by atoms with van der Waals surface area (Å²) in [5.74, 6) is -0.160. The summed E-state index contributed by atoms with van der Waals surface area (Å²) in [7, 11) is 0. The molecule has 0 bridgehead atoms. The van der Waals surface area contributed by atoms with Crippen molar-refractivity contribution in [3.63, 3.8) is 0 Å². The van der Waals surface area contributed by atoms with Crippen LogP contribution in [0.4, 0.5) is 10.5 Å². The van der Waals surface area contributed by atoms with Crippen LogP contribution in [0.2, 0.25) is 5.02 Å². The van der Waals surface area contributed by atoms with Crippen LogP contribution < -0.4 is 10.6 Å². The Labute approximate surface area is 207 Å². The first-order valence-electron chi connectivity index (χ1n) is 11.3. The Balaban J connectivity index is 1.35. The summed E-state index contributed by atoms with van der Waals surface area (Å²) in [6, 6.07) is 22.7. The molecule has 0 atom stereocenters. The lowest BCUT2D eigenvalue weighted by Crippen LogP contribution is -2.30. The third-order valence-corrected chi connectivity index (χ3v) is 6.19. The molecule has 0 saturated heterocycles. The second-order valence-corrected chi connectivity index (χ2v) is 8.86. The van der Waals surface area contributed by atoms with Crippen LogP contribution in [-0.2, 0) is 6.54 Å². The van der Waals surface area contributed by atoms with E-state index in [1.54, 1.807) is 36.4 Å². The fourth-order valence-electron chi connectivity index (χ4n) is 3.88. The molecule has 0 unspecified atom stereocenters.